The van der Waals surface area contributed by atoms with Gasteiger partial charge in [0.25, 0.3) is 0 Å². The summed E-state index contributed by atoms with van der Waals surface area (Å²) in [7, 11) is 0. The van der Waals surface area contributed by atoms with Crippen LogP contribution >= 0.6 is 0 Å². The van der Waals surface area contributed by atoms with Crippen molar-refractivity contribution in [2.45, 2.75) is 19.8 Å². The molecule has 4 atom stereocenters. The van der Waals surface area contributed by atoms with Crippen LogP contribution in [0.5, 0.6) is 0 Å². The zero-order chi connectivity index (χ0) is 6.72. The topological polar surface area (TPSA) is 0 Å². The lowest BCUT2D eigenvalue weighted by Gasteiger charge is -1.93. The van der Waals surface area contributed by atoms with Gasteiger partial charge in [-0.15, -0.1) is 0 Å². The summed E-state index contributed by atoms with van der Waals surface area (Å²) in [5.74, 6) is 5.43. The summed E-state index contributed by atoms with van der Waals surface area (Å²) >= 11 is 0. The highest BCUT2D eigenvalue weighted by molar-refractivity contribution is 5.21. The highest BCUT2D eigenvalue weighted by Crippen LogP contribution is 2.61. The van der Waals surface area contributed by atoms with Crippen LogP contribution in [-0.4, -0.2) is 0 Å². The maximum absolute atomic E-state index is 2.40. The first-order valence-electron chi connectivity index (χ1n) is 4.54. The van der Waals surface area contributed by atoms with Gasteiger partial charge in [-0.3, -0.25) is 0 Å². The van der Waals surface area contributed by atoms with Gasteiger partial charge in [0.2, 0.25) is 0 Å². The Hall–Kier alpha value is -0.260. The van der Waals surface area contributed by atoms with Gasteiger partial charge in [-0.25, -0.2) is 0 Å². The molecule has 0 heteroatoms. The van der Waals surface area contributed by atoms with Crippen molar-refractivity contribution in [3.8, 4) is 0 Å². The van der Waals surface area contributed by atoms with Crippen LogP contribution in [0.4, 0.5) is 0 Å². The smallest absolute Gasteiger partial charge is 0.00219 e. The standard InChI is InChI=1S/C10H14/c1-6-4-8(6)10-5-9(10)7-2-3-7/h2-3,6-10H,4-5H2,1H3. The molecule has 0 N–H and O–H groups in total. The largest absolute Gasteiger partial charge is 0.0807 e. The molecular weight excluding hydrogens is 120 g/mol. The van der Waals surface area contributed by atoms with Crippen molar-refractivity contribution in [3.05, 3.63) is 12.2 Å². The van der Waals surface area contributed by atoms with E-state index in [1.54, 1.807) is 6.42 Å². The Balaban J connectivity index is 1.58. The van der Waals surface area contributed by atoms with Crippen LogP contribution in [-0.2, 0) is 0 Å². The fraction of sp³-hybridized carbons (Fsp3) is 0.800. The molecule has 3 rings (SSSR count). The molecule has 0 aromatic carbocycles. The Morgan fingerprint density at radius 2 is 1.70 bits per heavy atom. The Labute approximate surface area is 62.3 Å². The first-order valence-corrected chi connectivity index (χ1v) is 4.54. The first kappa shape index (κ1) is 5.40. The third kappa shape index (κ3) is 0.680. The van der Waals surface area contributed by atoms with E-state index in [9.17, 15) is 0 Å². The summed E-state index contributed by atoms with van der Waals surface area (Å²) in [6, 6.07) is 0. The van der Waals surface area contributed by atoms with Gasteiger partial charge in [0.1, 0.15) is 0 Å². The lowest BCUT2D eigenvalue weighted by atomic mass is 10.1. The predicted octanol–water partition coefficient (Wildman–Crippen LogP) is 2.46. The molecule has 0 aromatic rings. The normalized spacial score (nSPS) is 56.9. The molecule has 2 saturated carbocycles. The molecule has 0 heterocycles. The van der Waals surface area contributed by atoms with Crippen molar-refractivity contribution in [1.29, 1.82) is 0 Å². The van der Waals surface area contributed by atoms with Gasteiger partial charge in [0.15, 0.2) is 0 Å². The molecule has 0 radical (unpaired) electrons. The highest BCUT2D eigenvalue weighted by Gasteiger charge is 2.54. The molecule has 0 bridgehead atoms. The molecule has 0 nitrogen and oxygen atoms in total. The van der Waals surface area contributed by atoms with E-state index in [1.807, 2.05) is 0 Å². The van der Waals surface area contributed by atoms with Gasteiger partial charge >= 0.3 is 0 Å². The van der Waals surface area contributed by atoms with Crippen LogP contribution in [0.3, 0.4) is 0 Å². The molecule has 0 aromatic heterocycles. The van der Waals surface area contributed by atoms with Gasteiger partial charge in [0, 0.05) is 0 Å². The summed E-state index contributed by atoms with van der Waals surface area (Å²) in [6.45, 7) is 2.40. The number of allylic oxidation sites excluding steroid dienone is 2. The quantitative estimate of drug-likeness (QED) is 0.509. The monoisotopic (exact) mass is 134 g/mol. The Morgan fingerprint density at radius 1 is 1.00 bits per heavy atom. The van der Waals surface area contributed by atoms with Gasteiger partial charge < -0.3 is 0 Å². The molecule has 0 spiro atoms. The van der Waals surface area contributed by atoms with E-state index >= 15 is 0 Å². The second kappa shape index (κ2) is 1.49. The zero-order valence-electron chi connectivity index (χ0n) is 6.46. The van der Waals surface area contributed by atoms with Crippen molar-refractivity contribution in [2.75, 3.05) is 0 Å². The molecule has 3 aliphatic carbocycles. The van der Waals surface area contributed by atoms with Crippen LogP contribution in [0.15, 0.2) is 12.2 Å². The number of hydrogen-bond donors (Lipinski definition) is 0. The lowest BCUT2D eigenvalue weighted by molar-refractivity contribution is 0.573. The Morgan fingerprint density at radius 3 is 2.20 bits per heavy atom. The van der Waals surface area contributed by atoms with Gasteiger partial charge in [-0.05, 0) is 42.4 Å². The van der Waals surface area contributed by atoms with E-state index in [2.05, 4.69) is 19.1 Å². The molecule has 10 heavy (non-hydrogen) atoms. The minimum absolute atomic E-state index is 0.956. The van der Waals surface area contributed by atoms with E-state index in [-0.39, 0.29) is 0 Å². The second-order valence-corrected chi connectivity index (χ2v) is 4.40. The third-order valence-corrected chi connectivity index (χ3v) is 3.52. The number of hydrogen-bond acceptors (Lipinski definition) is 0. The van der Waals surface area contributed by atoms with Crippen LogP contribution in [0.1, 0.15) is 19.8 Å². The van der Waals surface area contributed by atoms with Crippen molar-refractivity contribution in [2.24, 2.45) is 29.6 Å². The van der Waals surface area contributed by atoms with Crippen LogP contribution < -0.4 is 0 Å². The fourth-order valence-electron chi connectivity index (χ4n) is 2.47. The van der Waals surface area contributed by atoms with E-state index in [4.69, 9.17) is 0 Å². The van der Waals surface area contributed by atoms with Crippen LogP contribution in [0, 0.1) is 29.6 Å². The first-order chi connectivity index (χ1) is 4.86. The fourth-order valence-corrected chi connectivity index (χ4v) is 2.47. The van der Waals surface area contributed by atoms with Gasteiger partial charge in [-0.1, -0.05) is 19.1 Å². The van der Waals surface area contributed by atoms with Crippen LogP contribution in [0.25, 0.3) is 0 Å². The van der Waals surface area contributed by atoms with Crippen molar-refractivity contribution in [1.82, 2.24) is 0 Å². The minimum Gasteiger partial charge on any atom is -0.0807 e. The van der Waals surface area contributed by atoms with E-state index in [0.29, 0.717) is 0 Å². The summed E-state index contributed by atoms with van der Waals surface area (Å²) in [6.07, 6.45) is 7.83. The van der Waals surface area contributed by atoms with E-state index < -0.39 is 0 Å². The van der Waals surface area contributed by atoms with E-state index in [0.717, 1.165) is 29.6 Å². The summed E-state index contributed by atoms with van der Waals surface area (Å²) in [4.78, 5) is 0. The van der Waals surface area contributed by atoms with Crippen molar-refractivity contribution in [3.63, 3.8) is 0 Å². The molecular formula is C10H14. The van der Waals surface area contributed by atoms with Gasteiger partial charge in [0.05, 0.1) is 0 Å². The van der Waals surface area contributed by atoms with Crippen molar-refractivity contribution >= 4 is 0 Å². The van der Waals surface area contributed by atoms with E-state index in [1.165, 1.54) is 6.42 Å². The molecule has 4 unspecified atom stereocenters. The molecule has 0 saturated heterocycles. The lowest BCUT2D eigenvalue weighted by Crippen LogP contribution is -1.88. The van der Waals surface area contributed by atoms with Crippen LogP contribution in [0.2, 0.25) is 0 Å². The van der Waals surface area contributed by atoms with Crippen molar-refractivity contribution < 1.29 is 0 Å². The minimum atomic E-state index is 0.956. The Kier molecular flexibility index (Phi) is 0.805. The average molecular weight is 134 g/mol. The molecule has 2 fully saturated rings. The molecule has 0 amide bonds. The number of rotatable bonds is 2. The molecule has 0 aliphatic heterocycles. The molecule has 3 aliphatic rings. The Bertz CT molecular complexity index is 186. The molecule has 54 valence electrons. The highest BCUT2D eigenvalue weighted by atomic mass is 14.6. The third-order valence-electron chi connectivity index (χ3n) is 3.52. The summed E-state index contributed by atoms with van der Waals surface area (Å²) in [5, 5.41) is 0. The predicted molar refractivity (Wildman–Crippen MR) is 41.5 cm³/mol. The SMILES string of the molecule is CC1CC1C1CC1C1C=C1. The maximum Gasteiger partial charge on any atom is -0.00219 e. The average Bonchev–Trinajstić information content (AvgIpc) is 2.68. The summed E-state index contributed by atoms with van der Waals surface area (Å²) < 4.78 is 0. The maximum atomic E-state index is 2.40. The van der Waals surface area contributed by atoms with Gasteiger partial charge in [-0.2, -0.15) is 0 Å². The second-order valence-electron chi connectivity index (χ2n) is 4.40. The zero-order valence-corrected chi connectivity index (χ0v) is 6.46. The summed E-state index contributed by atoms with van der Waals surface area (Å²) in [5.41, 5.74) is 0.